The van der Waals surface area contributed by atoms with Crippen LogP contribution in [0.25, 0.3) is 0 Å². The number of rotatable bonds is 4. The Morgan fingerprint density at radius 1 is 1.35 bits per heavy atom. The van der Waals surface area contributed by atoms with E-state index in [-0.39, 0.29) is 5.56 Å². The molecule has 0 atom stereocenters. The molecule has 108 valence electrons. The second-order valence-corrected chi connectivity index (χ2v) is 4.94. The smallest absolute Gasteiger partial charge is 0.274 e. The molecule has 1 N–H and O–H groups in total. The van der Waals surface area contributed by atoms with Crippen LogP contribution >= 0.6 is 0 Å². The normalized spacial score (nSPS) is 16.0. The minimum Gasteiger partial charge on any atom is -0.303 e. The van der Waals surface area contributed by atoms with E-state index in [0.717, 1.165) is 44.6 Å². The molecule has 1 amide bonds. The second kappa shape index (κ2) is 7.14. The van der Waals surface area contributed by atoms with Crippen molar-refractivity contribution in [2.24, 2.45) is 5.10 Å². The summed E-state index contributed by atoms with van der Waals surface area (Å²) >= 11 is 0. The zero-order chi connectivity index (χ0) is 14.4. The van der Waals surface area contributed by atoms with Crippen LogP contribution in [0.3, 0.4) is 0 Å². The Labute approximate surface area is 118 Å². The van der Waals surface area contributed by atoms with E-state index < -0.39 is 11.7 Å². The number of hydrogen-bond acceptors (Lipinski definition) is 3. The van der Waals surface area contributed by atoms with Crippen LogP contribution in [0.2, 0.25) is 0 Å². The lowest BCUT2D eigenvalue weighted by atomic mass is 10.1. The minimum atomic E-state index is -0.525. The molecule has 1 aromatic carbocycles. The van der Waals surface area contributed by atoms with E-state index in [9.17, 15) is 9.18 Å². The Morgan fingerprint density at radius 3 is 2.70 bits per heavy atom. The van der Waals surface area contributed by atoms with Gasteiger partial charge >= 0.3 is 0 Å². The molecular formula is C15H20FN3O. The van der Waals surface area contributed by atoms with Crippen LogP contribution in [0.15, 0.2) is 29.4 Å². The highest BCUT2D eigenvalue weighted by Gasteiger charge is 2.15. The topological polar surface area (TPSA) is 44.7 Å². The third-order valence-electron chi connectivity index (χ3n) is 3.41. The first kappa shape index (κ1) is 14.7. The predicted molar refractivity (Wildman–Crippen MR) is 77.3 cm³/mol. The average molecular weight is 277 g/mol. The van der Waals surface area contributed by atoms with E-state index in [4.69, 9.17) is 0 Å². The molecule has 1 saturated heterocycles. The number of benzene rings is 1. The van der Waals surface area contributed by atoms with Crippen LogP contribution in [0.4, 0.5) is 4.39 Å². The number of amides is 1. The summed E-state index contributed by atoms with van der Waals surface area (Å²) in [5, 5.41) is 4.12. The van der Waals surface area contributed by atoms with Gasteiger partial charge in [-0.2, -0.15) is 5.10 Å². The summed E-state index contributed by atoms with van der Waals surface area (Å²) in [7, 11) is 0. The Morgan fingerprint density at radius 2 is 2.05 bits per heavy atom. The molecule has 1 aliphatic heterocycles. The number of nitrogens with zero attached hydrogens (tertiary/aromatic N) is 2. The van der Waals surface area contributed by atoms with Crippen molar-refractivity contribution in [3.63, 3.8) is 0 Å². The van der Waals surface area contributed by atoms with Crippen LogP contribution in [-0.2, 0) is 0 Å². The third kappa shape index (κ3) is 3.87. The van der Waals surface area contributed by atoms with Crippen molar-refractivity contribution in [3.8, 4) is 0 Å². The zero-order valence-corrected chi connectivity index (χ0v) is 11.7. The molecule has 0 saturated carbocycles. The fourth-order valence-corrected chi connectivity index (χ4v) is 2.30. The molecule has 0 unspecified atom stereocenters. The summed E-state index contributed by atoms with van der Waals surface area (Å²) in [5.41, 5.74) is 3.45. The summed E-state index contributed by atoms with van der Waals surface area (Å²) in [6.07, 6.45) is 2.87. The van der Waals surface area contributed by atoms with Gasteiger partial charge in [0.2, 0.25) is 0 Å². The van der Waals surface area contributed by atoms with Gasteiger partial charge in [0, 0.05) is 31.6 Å². The first-order chi connectivity index (χ1) is 9.70. The Hall–Kier alpha value is -1.75. The lowest BCUT2D eigenvalue weighted by molar-refractivity contribution is 0.0950. The minimum absolute atomic E-state index is 0.0280. The molecular weight excluding hydrogens is 257 g/mol. The number of nitrogens with one attached hydrogen (secondary N) is 1. The molecule has 0 bridgehead atoms. The lowest BCUT2D eigenvalue weighted by Crippen LogP contribution is -2.35. The van der Waals surface area contributed by atoms with E-state index in [0.29, 0.717) is 0 Å². The van der Waals surface area contributed by atoms with Crippen LogP contribution in [0, 0.1) is 5.82 Å². The average Bonchev–Trinajstić information content (AvgIpc) is 2.47. The Balaban J connectivity index is 1.88. The highest BCUT2D eigenvalue weighted by Crippen LogP contribution is 2.08. The fourth-order valence-electron chi connectivity index (χ4n) is 2.30. The van der Waals surface area contributed by atoms with Gasteiger partial charge in [0.1, 0.15) is 5.82 Å². The highest BCUT2D eigenvalue weighted by atomic mass is 19.1. The molecule has 1 heterocycles. The van der Waals surface area contributed by atoms with E-state index in [1.54, 1.807) is 12.1 Å². The van der Waals surface area contributed by atoms with Crippen molar-refractivity contribution in [2.45, 2.75) is 26.2 Å². The summed E-state index contributed by atoms with van der Waals surface area (Å²) in [4.78, 5) is 14.2. The van der Waals surface area contributed by atoms with Crippen molar-refractivity contribution in [1.82, 2.24) is 10.3 Å². The SMILES string of the molecule is CCCN1CCC(=NNC(=O)c2ccccc2F)CC1. The number of halogens is 1. The van der Waals surface area contributed by atoms with E-state index in [1.807, 2.05) is 0 Å². The van der Waals surface area contributed by atoms with Gasteiger partial charge in [0.05, 0.1) is 5.56 Å². The van der Waals surface area contributed by atoms with Gasteiger partial charge in [-0.25, -0.2) is 9.82 Å². The van der Waals surface area contributed by atoms with Crippen LogP contribution in [0.5, 0.6) is 0 Å². The number of carbonyl (C=O) groups is 1. The fraction of sp³-hybridized carbons (Fsp3) is 0.467. The van der Waals surface area contributed by atoms with E-state index >= 15 is 0 Å². The first-order valence-corrected chi connectivity index (χ1v) is 7.03. The second-order valence-electron chi connectivity index (χ2n) is 4.94. The number of piperidine rings is 1. The monoisotopic (exact) mass is 277 g/mol. The van der Waals surface area contributed by atoms with Crippen molar-refractivity contribution >= 4 is 11.6 Å². The summed E-state index contributed by atoms with van der Waals surface area (Å²) < 4.78 is 13.4. The Kier molecular flexibility index (Phi) is 5.24. The zero-order valence-electron chi connectivity index (χ0n) is 11.7. The van der Waals surface area contributed by atoms with Crippen molar-refractivity contribution in [3.05, 3.63) is 35.6 Å². The maximum atomic E-state index is 13.4. The number of likely N-dealkylation sites (tertiary alicyclic amines) is 1. The van der Waals surface area contributed by atoms with Gasteiger partial charge in [0.25, 0.3) is 5.91 Å². The van der Waals surface area contributed by atoms with Crippen LogP contribution in [-0.4, -0.2) is 36.2 Å². The molecule has 1 fully saturated rings. The summed E-state index contributed by atoms with van der Waals surface area (Å²) in [6, 6.07) is 5.91. The number of hydrazone groups is 1. The van der Waals surface area contributed by atoms with Crippen LogP contribution < -0.4 is 5.43 Å². The largest absolute Gasteiger partial charge is 0.303 e. The molecule has 1 aliphatic rings. The maximum absolute atomic E-state index is 13.4. The molecule has 4 nitrogen and oxygen atoms in total. The van der Waals surface area contributed by atoms with Gasteiger partial charge in [-0.15, -0.1) is 0 Å². The summed E-state index contributed by atoms with van der Waals surface area (Å²) in [5.74, 6) is -1.02. The molecule has 5 heteroatoms. The summed E-state index contributed by atoms with van der Waals surface area (Å²) in [6.45, 7) is 5.22. The van der Waals surface area contributed by atoms with E-state index in [1.165, 1.54) is 12.1 Å². The predicted octanol–water partition coefficient (Wildman–Crippen LogP) is 2.42. The molecule has 0 aromatic heterocycles. The van der Waals surface area contributed by atoms with Crippen molar-refractivity contribution in [1.29, 1.82) is 0 Å². The maximum Gasteiger partial charge on any atom is 0.274 e. The highest BCUT2D eigenvalue weighted by molar-refractivity contribution is 5.95. The molecule has 0 radical (unpaired) electrons. The molecule has 1 aromatic rings. The van der Waals surface area contributed by atoms with Crippen molar-refractivity contribution in [2.75, 3.05) is 19.6 Å². The van der Waals surface area contributed by atoms with Gasteiger partial charge in [-0.3, -0.25) is 4.79 Å². The lowest BCUT2D eigenvalue weighted by Gasteiger charge is -2.26. The van der Waals surface area contributed by atoms with Gasteiger partial charge in [-0.1, -0.05) is 19.1 Å². The first-order valence-electron chi connectivity index (χ1n) is 7.03. The van der Waals surface area contributed by atoms with Crippen LogP contribution in [0.1, 0.15) is 36.5 Å². The molecule has 20 heavy (non-hydrogen) atoms. The van der Waals surface area contributed by atoms with Crippen molar-refractivity contribution < 1.29 is 9.18 Å². The molecule has 0 aliphatic carbocycles. The standard InChI is InChI=1S/C15H20FN3O/c1-2-9-19-10-7-12(8-11-19)17-18-15(20)13-5-3-4-6-14(13)16/h3-6H,2,7-11H2,1H3,(H,18,20). The molecule has 2 rings (SSSR count). The quantitative estimate of drug-likeness (QED) is 0.859. The molecule has 0 spiro atoms. The van der Waals surface area contributed by atoms with Gasteiger partial charge in [0.15, 0.2) is 0 Å². The Bertz CT molecular complexity index is 492. The van der Waals surface area contributed by atoms with Gasteiger partial charge in [-0.05, 0) is 25.1 Å². The van der Waals surface area contributed by atoms with Gasteiger partial charge < -0.3 is 4.90 Å². The number of hydrogen-bond donors (Lipinski definition) is 1. The van der Waals surface area contributed by atoms with E-state index in [2.05, 4.69) is 22.4 Å². The third-order valence-corrected chi connectivity index (χ3v) is 3.41. The number of carbonyl (C=O) groups excluding carboxylic acids is 1.